The van der Waals surface area contributed by atoms with Gasteiger partial charge in [0.2, 0.25) is 0 Å². The minimum absolute atomic E-state index is 0.0916. The maximum Gasteiger partial charge on any atom is 0.174 e. The van der Waals surface area contributed by atoms with E-state index in [1.165, 1.54) is 10.5 Å². The number of nitrogens with one attached hydrogen (secondary N) is 1. The molecule has 0 atom stereocenters. The molecule has 0 aliphatic carbocycles. The number of rotatable bonds is 8. The van der Waals surface area contributed by atoms with Gasteiger partial charge in [0.05, 0.1) is 0 Å². The number of benzene rings is 2. The van der Waals surface area contributed by atoms with Crippen LogP contribution in [0.1, 0.15) is 5.56 Å². The molecule has 0 saturated heterocycles. The fourth-order valence-corrected chi connectivity index (χ4v) is 2.64. The first-order valence-electron chi connectivity index (χ1n) is 6.86. The molecule has 2 aromatic rings. The highest BCUT2D eigenvalue weighted by molar-refractivity contribution is 7.99. The van der Waals surface area contributed by atoms with Crippen molar-refractivity contribution < 1.29 is 4.74 Å². The van der Waals surface area contributed by atoms with Gasteiger partial charge in [-0.1, -0.05) is 30.3 Å². The molecule has 0 saturated carbocycles. The van der Waals surface area contributed by atoms with Crippen LogP contribution in [0.3, 0.4) is 0 Å². The average Bonchev–Trinajstić information content (AvgIpc) is 2.55. The number of thioether (sulfide) groups is 1. The Morgan fingerprint density at radius 2 is 1.81 bits per heavy atom. The summed E-state index contributed by atoms with van der Waals surface area (Å²) in [6.45, 7) is 1.90. The standard InChI is InChI=1S/C17H18N2OS/c18-10-12-20-16-8-6-15(7-9-16)14-19-11-13-21-17-4-2-1-3-5-17/h1-9,19H,11-14H2. The van der Waals surface area contributed by atoms with Crippen LogP contribution in [-0.2, 0) is 6.54 Å². The third-order valence-electron chi connectivity index (χ3n) is 2.85. The summed E-state index contributed by atoms with van der Waals surface area (Å²) in [6.07, 6.45) is 0. The zero-order chi connectivity index (χ0) is 14.8. The molecule has 0 heterocycles. The van der Waals surface area contributed by atoms with Crippen molar-refractivity contribution in [1.82, 2.24) is 5.32 Å². The van der Waals surface area contributed by atoms with Crippen molar-refractivity contribution in [3.05, 3.63) is 60.2 Å². The van der Waals surface area contributed by atoms with Gasteiger partial charge in [0.15, 0.2) is 6.61 Å². The second-order valence-corrected chi connectivity index (χ2v) is 5.60. The topological polar surface area (TPSA) is 45.0 Å². The van der Waals surface area contributed by atoms with Gasteiger partial charge in [0, 0.05) is 23.7 Å². The molecule has 0 spiro atoms. The van der Waals surface area contributed by atoms with Crippen LogP contribution >= 0.6 is 11.8 Å². The number of nitriles is 1. The Kier molecular flexibility index (Phi) is 6.66. The molecular weight excluding hydrogens is 280 g/mol. The van der Waals surface area contributed by atoms with Crippen molar-refractivity contribution in [2.24, 2.45) is 0 Å². The first kappa shape index (κ1) is 15.4. The Morgan fingerprint density at radius 1 is 1.05 bits per heavy atom. The normalized spacial score (nSPS) is 10.0. The van der Waals surface area contributed by atoms with Crippen LogP contribution in [0.4, 0.5) is 0 Å². The lowest BCUT2D eigenvalue weighted by Crippen LogP contribution is -2.16. The van der Waals surface area contributed by atoms with Crippen molar-refractivity contribution in [2.45, 2.75) is 11.4 Å². The smallest absolute Gasteiger partial charge is 0.174 e. The van der Waals surface area contributed by atoms with E-state index in [2.05, 4.69) is 29.6 Å². The summed E-state index contributed by atoms with van der Waals surface area (Å²) in [4.78, 5) is 1.30. The molecule has 2 aromatic carbocycles. The van der Waals surface area contributed by atoms with Crippen molar-refractivity contribution in [3.63, 3.8) is 0 Å². The first-order valence-corrected chi connectivity index (χ1v) is 7.84. The Bertz CT molecular complexity index is 564. The van der Waals surface area contributed by atoms with E-state index >= 15 is 0 Å². The van der Waals surface area contributed by atoms with Crippen molar-refractivity contribution in [1.29, 1.82) is 5.26 Å². The van der Waals surface area contributed by atoms with E-state index in [4.69, 9.17) is 10.00 Å². The van der Waals surface area contributed by atoms with E-state index in [1.54, 1.807) is 0 Å². The summed E-state index contributed by atoms with van der Waals surface area (Å²) in [6, 6.07) is 20.2. The van der Waals surface area contributed by atoms with Gasteiger partial charge in [-0.05, 0) is 29.8 Å². The van der Waals surface area contributed by atoms with Crippen LogP contribution < -0.4 is 10.1 Å². The average molecular weight is 298 g/mol. The molecule has 2 rings (SSSR count). The van der Waals surface area contributed by atoms with E-state index in [1.807, 2.05) is 48.2 Å². The predicted octanol–water partition coefficient (Wildman–Crippen LogP) is 3.47. The Morgan fingerprint density at radius 3 is 2.52 bits per heavy atom. The SMILES string of the molecule is N#CCOc1ccc(CNCCSc2ccccc2)cc1. The molecule has 1 N–H and O–H groups in total. The number of ether oxygens (including phenoxy) is 1. The number of hydrogen-bond acceptors (Lipinski definition) is 4. The quantitative estimate of drug-likeness (QED) is 0.599. The molecule has 0 fully saturated rings. The fourth-order valence-electron chi connectivity index (χ4n) is 1.81. The van der Waals surface area contributed by atoms with Crippen LogP contribution in [0.2, 0.25) is 0 Å². The van der Waals surface area contributed by atoms with E-state index in [0.717, 1.165) is 24.6 Å². The molecule has 0 unspecified atom stereocenters. The molecule has 0 aromatic heterocycles. The van der Waals surface area contributed by atoms with E-state index in [0.29, 0.717) is 0 Å². The summed E-state index contributed by atoms with van der Waals surface area (Å²) in [5.74, 6) is 1.79. The first-order chi connectivity index (χ1) is 10.4. The maximum absolute atomic E-state index is 8.44. The largest absolute Gasteiger partial charge is 0.479 e. The predicted molar refractivity (Wildman–Crippen MR) is 86.4 cm³/mol. The highest BCUT2D eigenvalue weighted by Crippen LogP contribution is 2.16. The third-order valence-corrected chi connectivity index (χ3v) is 3.86. The molecule has 108 valence electrons. The number of nitrogens with zero attached hydrogens (tertiary/aromatic N) is 1. The minimum atomic E-state index is 0.0916. The summed E-state index contributed by atoms with van der Waals surface area (Å²) >= 11 is 1.85. The van der Waals surface area contributed by atoms with Crippen molar-refractivity contribution >= 4 is 11.8 Å². The molecule has 0 aliphatic rings. The van der Waals surface area contributed by atoms with Crippen LogP contribution in [0.5, 0.6) is 5.75 Å². The van der Waals surface area contributed by atoms with Gasteiger partial charge in [0.1, 0.15) is 11.8 Å². The van der Waals surface area contributed by atoms with Gasteiger partial charge in [-0.3, -0.25) is 0 Å². The van der Waals surface area contributed by atoms with E-state index < -0.39 is 0 Å². The summed E-state index contributed by atoms with van der Waals surface area (Å²) in [7, 11) is 0. The zero-order valence-electron chi connectivity index (χ0n) is 11.8. The fraction of sp³-hybridized carbons (Fsp3) is 0.235. The van der Waals surface area contributed by atoms with Crippen molar-refractivity contribution in [2.75, 3.05) is 18.9 Å². The van der Waals surface area contributed by atoms with Crippen LogP contribution in [0.15, 0.2) is 59.5 Å². The molecule has 0 bridgehead atoms. The molecule has 3 nitrogen and oxygen atoms in total. The van der Waals surface area contributed by atoms with Gasteiger partial charge in [0.25, 0.3) is 0 Å². The molecule has 21 heavy (non-hydrogen) atoms. The van der Waals surface area contributed by atoms with Gasteiger partial charge in [-0.2, -0.15) is 5.26 Å². The van der Waals surface area contributed by atoms with Gasteiger partial charge in [-0.15, -0.1) is 11.8 Å². The maximum atomic E-state index is 8.44. The molecule has 0 radical (unpaired) electrons. The van der Waals surface area contributed by atoms with Gasteiger partial charge >= 0.3 is 0 Å². The van der Waals surface area contributed by atoms with E-state index in [-0.39, 0.29) is 6.61 Å². The van der Waals surface area contributed by atoms with Gasteiger partial charge in [-0.25, -0.2) is 0 Å². The van der Waals surface area contributed by atoms with Crippen LogP contribution in [0.25, 0.3) is 0 Å². The highest BCUT2D eigenvalue weighted by atomic mass is 32.2. The van der Waals surface area contributed by atoms with Gasteiger partial charge < -0.3 is 10.1 Å². The Labute approximate surface area is 129 Å². The van der Waals surface area contributed by atoms with Crippen LogP contribution in [0, 0.1) is 11.3 Å². The zero-order valence-corrected chi connectivity index (χ0v) is 12.6. The van der Waals surface area contributed by atoms with Crippen LogP contribution in [-0.4, -0.2) is 18.9 Å². The minimum Gasteiger partial charge on any atom is -0.479 e. The molecule has 0 aliphatic heterocycles. The van der Waals surface area contributed by atoms with Crippen molar-refractivity contribution in [3.8, 4) is 11.8 Å². The summed E-state index contributed by atoms with van der Waals surface area (Å²) < 4.78 is 5.22. The second kappa shape index (κ2) is 9.06. The lowest BCUT2D eigenvalue weighted by atomic mass is 10.2. The lowest BCUT2D eigenvalue weighted by Gasteiger charge is -2.06. The second-order valence-electron chi connectivity index (χ2n) is 4.43. The molecule has 4 heteroatoms. The molecular formula is C17H18N2OS. The molecule has 0 amide bonds. The Hall–Kier alpha value is -1.96. The lowest BCUT2D eigenvalue weighted by molar-refractivity contribution is 0.368. The Balaban J connectivity index is 1.63. The number of hydrogen-bond donors (Lipinski definition) is 1. The van der Waals surface area contributed by atoms with E-state index in [9.17, 15) is 0 Å². The summed E-state index contributed by atoms with van der Waals surface area (Å²) in [5.41, 5.74) is 1.21. The summed E-state index contributed by atoms with van der Waals surface area (Å²) in [5, 5.41) is 11.9. The third kappa shape index (κ3) is 5.90. The monoisotopic (exact) mass is 298 g/mol. The highest BCUT2D eigenvalue weighted by Gasteiger charge is 1.96.